The van der Waals surface area contributed by atoms with Crippen LogP contribution in [-0.2, 0) is 14.3 Å². The number of hydrogen-bond acceptors (Lipinski definition) is 7. The standard InChI is InChI=1S/C26H31NO7/c1-6-34-20-11-8-17(15-21(20)33-5)23-22(25(29)26(30)27(23)12-7-13-31-3)24(28)19-10-9-18(32-4)14-16(19)2/h8-11,14-15,23,28H,6-7,12-13H2,1-5H3/b24-22+/t23-/m1/s1. The number of nitrogens with zero attached hydrogens (tertiary/aromatic N) is 1. The fourth-order valence-corrected chi connectivity index (χ4v) is 4.14. The number of benzene rings is 2. The smallest absolute Gasteiger partial charge is 0.295 e. The average molecular weight is 470 g/mol. The van der Waals surface area contributed by atoms with Gasteiger partial charge in [-0.2, -0.15) is 0 Å². The van der Waals surface area contributed by atoms with Crippen molar-refractivity contribution in [3.05, 3.63) is 58.7 Å². The number of aliphatic hydroxyl groups excluding tert-OH is 1. The molecular weight excluding hydrogens is 438 g/mol. The Kier molecular flexibility index (Phi) is 8.17. The van der Waals surface area contributed by atoms with Crippen molar-refractivity contribution in [3.8, 4) is 17.2 Å². The predicted octanol–water partition coefficient (Wildman–Crippen LogP) is 3.87. The van der Waals surface area contributed by atoms with Crippen LogP contribution in [0, 0.1) is 6.92 Å². The molecule has 1 N–H and O–H groups in total. The van der Waals surface area contributed by atoms with Crippen molar-refractivity contribution >= 4 is 17.4 Å². The van der Waals surface area contributed by atoms with Crippen LogP contribution in [0.1, 0.15) is 36.1 Å². The van der Waals surface area contributed by atoms with Crippen LogP contribution < -0.4 is 14.2 Å². The molecule has 0 saturated carbocycles. The van der Waals surface area contributed by atoms with Crippen LogP contribution in [0.25, 0.3) is 5.76 Å². The fraction of sp³-hybridized carbons (Fsp3) is 0.385. The summed E-state index contributed by atoms with van der Waals surface area (Å²) in [6, 6.07) is 9.61. The van der Waals surface area contributed by atoms with Gasteiger partial charge >= 0.3 is 0 Å². The molecule has 8 nitrogen and oxygen atoms in total. The van der Waals surface area contributed by atoms with E-state index in [1.54, 1.807) is 57.5 Å². The summed E-state index contributed by atoms with van der Waals surface area (Å²) in [5, 5.41) is 11.3. The first kappa shape index (κ1) is 25.1. The van der Waals surface area contributed by atoms with Gasteiger partial charge in [0.1, 0.15) is 11.5 Å². The van der Waals surface area contributed by atoms with Gasteiger partial charge in [-0.1, -0.05) is 6.07 Å². The van der Waals surface area contributed by atoms with Gasteiger partial charge in [0.15, 0.2) is 11.5 Å². The number of amides is 1. The number of ether oxygens (including phenoxy) is 4. The first-order valence-corrected chi connectivity index (χ1v) is 11.1. The third kappa shape index (κ3) is 4.87. The minimum atomic E-state index is -0.789. The number of hydrogen-bond donors (Lipinski definition) is 1. The lowest BCUT2D eigenvalue weighted by Crippen LogP contribution is -2.31. The number of likely N-dealkylation sites (tertiary alicyclic amines) is 1. The quantitative estimate of drug-likeness (QED) is 0.244. The number of aryl methyl sites for hydroxylation is 1. The average Bonchev–Trinajstić information content (AvgIpc) is 3.09. The maximum atomic E-state index is 13.2. The molecular formula is C26H31NO7. The van der Waals surface area contributed by atoms with Gasteiger partial charge < -0.3 is 29.0 Å². The summed E-state index contributed by atoms with van der Waals surface area (Å²) >= 11 is 0. The summed E-state index contributed by atoms with van der Waals surface area (Å²) in [7, 11) is 4.66. The summed E-state index contributed by atoms with van der Waals surface area (Å²) in [5.74, 6) is 0.0238. The van der Waals surface area contributed by atoms with E-state index in [0.29, 0.717) is 53.6 Å². The largest absolute Gasteiger partial charge is 0.507 e. The first-order chi connectivity index (χ1) is 16.4. The predicted molar refractivity (Wildman–Crippen MR) is 127 cm³/mol. The fourth-order valence-electron chi connectivity index (χ4n) is 4.14. The molecule has 0 spiro atoms. The van der Waals surface area contributed by atoms with E-state index < -0.39 is 17.7 Å². The number of methoxy groups -OCH3 is 3. The zero-order chi connectivity index (χ0) is 24.8. The van der Waals surface area contributed by atoms with Crippen molar-refractivity contribution in [2.24, 2.45) is 0 Å². The van der Waals surface area contributed by atoms with Crippen LogP contribution in [0.4, 0.5) is 0 Å². The highest BCUT2D eigenvalue weighted by Crippen LogP contribution is 2.42. The second kappa shape index (κ2) is 11.1. The molecule has 2 aromatic carbocycles. The Balaban J connectivity index is 2.18. The molecule has 1 saturated heterocycles. The first-order valence-electron chi connectivity index (χ1n) is 11.1. The molecule has 0 unspecified atom stereocenters. The van der Waals surface area contributed by atoms with Crippen LogP contribution in [0.2, 0.25) is 0 Å². The molecule has 8 heteroatoms. The molecule has 0 bridgehead atoms. The normalized spacial score (nSPS) is 17.2. The minimum absolute atomic E-state index is 0.0295. The van der Waals surface area contributed by atoms with E-state index in [4.69, 9.17) is 18.9 Å². The lowest BCUT2D eigenvalue weighted by Gasteiger charge is -2.26. The molecule has 1 atom stereocenters. The van der Waals surface area contributed by atoms with Crippen LogP contribution >= 0.6 is 0 Å². The van der Waals surface area contributed by atoms with Crippen LogP contribution in [-0.4, -0.2) is 62.8 Å². The topological polar surface area (TPSA) is 94.5 Å². The van der Waals surface area contributed by atoms with Gasteiger partial charge in [0.05, 0.1) is 32.4 Å². The van der Waals surface area contributed by atoms with Crippen molar-refractivity contribution < 1.29 is 33.6 Å². The lowest BCUT2D eigenvalue weighted by molar-refractivity contribution is -0.140. The van der Waals surface area contributed by atoms with Crippen molar-refractivity contribution in [2.75, 3.05) is 41.1 Å². The Hall–Kier alpha value is -3.52. The van der Waals surface area contributed by atoms with E-state index in [2.05, 4.69) is 0 Å². The Morgan fingerprint density at radius 2 is 1.79 bits per heavy atom. The number of ketones is 1. The van der Waals surface area contributed by atoms with Gasteiger partial charge in [0.2, 0.25) is 0 Å². The van der Waals surface area contributed by atoms with E-state index in [0.717, 1.165) is 0 Å². The van der Waals surface area contributed by atoms with Gasteiger partial charge in [0, 0.05) is 25.8 Å². The van der Waals surface area contributed by atoms with Gasteiger partial charge in [0.25, 0.3) is 11.7 Å². The van der Waals surface area contributed by atoms with E-state index in [1.165, 1.54) is 12.0 Å². The Morgan fingerprint density at radius 3 is 2.41 bits per heavy atom. The van der Waals surface area contributed by atoms with Gasteiger partial charge in [-0.25, -0.2) is 0 Å². The van der Waals surface area contributed by atoms with E-state index in [1.807, 2.05) is 6.92 Å². The molecule has 1 aliphatic rings. The van der Waals surface area contributed by atoms with Gasteiger partial charge in [-0.15, -0.1) is 0 Å². The summed E-state index contributed by atoms with van der Waals surface area (Å²) in [4.78, 5) is 27.7. The second-order valence-electron chi connectivity index (χ2n) is 7.86. The molecule has 0 aromatic heterocycles. The van der Waals surface area contributed by atoms with Crippen LogP contribution in [0.5, 0.6) is 17.2 Å². The molecule has 182 valence electrons. The van der Waals surface area contributed by atoms with E-state index in [9.17, 15) is 14.7 Å². The molecule has 1 heterocycles. The van der Waals surface area contributed by atoms with E-state index in [-0.39, 0.29) is 17.9 Å². The minimum Gasteiger partial charge on any atom is -0.507 e. The highest BCUT2D eigenvalue weighted by Gasteiger charge is 2.46. The molecule has 1 amide bonds. The number of carbonyl (C=O) groups excluding carboxylic acids is 2. The van der Waals surface area contributed by atoms with Crippen molar-refractivity contribution in [3.63, 3.8) is 0 Å². The monoisotopic (exact) mass is 469 g/mol. The zero-order valence-electron chi connectivity index (χ0n) is 20.2. The summed E-state index contributed by atoms with van der Waals surface area (Å²) in [5.41, 5.74) is 1.83. The van der Waals surface area contributed by atoms with Crippen LogP contribution in [0.15, 0.2) is 42.0 Å². The highest BCUT2D eigenvalue weighted by molar-refractivity contribution is 6.46. The Bertz CT molecular complexity index is 1090. The highest BCUT2D eigenvalue weighted by atomic mass is 16.5. The zero-order valence-corrected chi connectivity index (χ0v) is 20.2. The number of rotatable bonds is 10. The maximum absolute atomic E-state index is 13.2. The molecule has 1 aliphatic heterocycles. The van der Waals surface area contributed by atoms with Crippen LogP contribution in [0.3, 0.4) is 0 Å². The maximum Gasteiger partial charge on any atom is 0.295 e. The van der Waals surface area contributed by atoms with Crippen molar-refractivity contribution in [2.45, 2.75) is 26.3 Å². The SMILES string of the molecule is CCOc1ccc([C@@H]2/C(=C(\O)c3ccc(OC)cc3C)C(=O)C(=O)N2CCCOC)cc1OC. The molecule has 2 aromatic rings. The third-order valence-electron chi connectivity index (χ3n) is 5.78. The molecule has 0 aliphatic carbocycles. The summed E-state index contributed by atoms with van der Waals surface area (Å²) in [6.07, 6.45) is 0.537. The Labute approximate surface area is 199 Å². The number of aliphatic hydroxyl groups is 1. The summed E-state index contributed by atoms with van der Waals surface area (Å²) < 4.78 is 21.5. The number of carbonyl (C=O) groups is 2. The summed E-state index contributed by atoms with van der Waals surface area (Å²) in [6.45, 7) is 4.86. The lowest BCUT2D eigenvalue weighted by atomic mass is 9.93. The van der Waals surface area contributed by atoms with Crippen molar-refractivity contribution in [1.82, 2.24) is 4.90 Å². The number of Topliss-reactive ketones (excluding diaryl/α,β-unsaturated/α-hetero) is 1. The third-order valence-corrected chi connectivity index (χ3v) is 5.78. The van der Waals surface area contributed by atoms with Gasteiger partial charge in [-0.05, 0) is 61.7 Å². The van der Waals surface area contributed by atoms with Crippen molar-refractivity contribution in [1.29, 1.82) is 0 Å². The molecule has 3 rings (SSSR count). The van der Waals surface area contributed by atoms with Gasteiger partial charge in [-0.3, -0.25) is 9.59 Å². The second-order valence-corrected chi connectivity index (χ2v) is 7.86. The van der Waals surface area contributed by atoms with E-state index >= 15 is 0 Å². The Morgan fingerprint density at radius 1 is 1.03 bits per heavy atom. The molecule has 0 radical (unpaired) electrons. The molecule has 34 heavy (non-hydrogen) atoms. The molecule has 1 fully saturated rings.